The molecule has 2 aromatic heterocycles. The molecule has 41 heavy (non-hydrogen) atoms. The molecule has 4 aromatic rings. The highest BCUT2D eigenvalue weighted by atomic mass is 35.5. The molecule has 218 valence electrons. The van der Waals surface area contributed by atoms with E-state index in [-0.39, 0.29) is 15.5 Å². The third-order valence-electron chi connectivity index (χ3n) is 6.86. The predicted octanol–water partition coefficient (Wildman–Crippen LogP) is 4.24. The van der Waals surface area contributed by atoms with Gasteiger partial charge in [0, 0.05) is 62.6 Å². The summed E-state index contributed by atoms with van der Waals surface area (Å²) >= 11 is 12.4. The van der Waals surface area contributed by atoms with Crippen LogP contribution in [0.15, 0.2) is 76.8 Å². The van der Waals surface area contributed by atoms with Crippen molar-refractivity contribution >= 4 is 59.8 Å². The zero-order chi connectivity index (χ0) is 29.0. The lowest BCUT2D eigenvalue weighted by atomic mass is 10.2. The summed E-state index contributed by atoms with van der Waals surface area (Å²) in [5, 5.41) is 1.25. The summed E-state index contributed by atoms with van der Waals surface area (Å²) in [6, 6.07) is 14.1. The molecule has 0 saturated carbocycles. The van der Waals surface area contributed by atoms with Crippen LogP contribution in [0.1, 0.15) is 5.69 Å². The van der Waals surface area contributed by atoms with Crippen molar-refractivity contribution in [3.63, 3.8) is 0 Å². The maximum Gasteiger partial charge on any atom is 0.261 e. The first-order chi connectivity index (χ1) is 19.6. The number of rotatable bonds is 11. The van der Waals surface area contributed by atoms with E-state index in [9.17, 15) is 16.8 Å². The van der Waals surface area contributed by atoms with Gasteiger partial charge in [-0.1, -0.05) is 29.3 Å². The molecule has 1 fully saturated rings. The second-order valence-corrected chi connectivity index (χ2v) is 13.9. The van der Waals surface area contributed by atoms with Crippen LogP contribution in [0, 0.1) is 0 Å². The topological polar surface area (TPSA) is 125 Å². The molecule has 14 heteroatoms. The summed E-state index contributed by atoms with van der Waals surface area (Å²) in [4.78, 5) is 9.32. The van der Waals surface area contributed by atoms with E-state index < -0.39 is 20.0 Å². The normalized spacial score (nSPS) is 15.4. The lowest BCUT2D eigenvalue weighted by molar-refractivity contribution is 0.0917. The first-order valence-corrected chi connectivity index (χ1v) is 16.6. The van der Waals surface area contributed by atoms with Crippen LogP contribution in [-0.2, 0) is 31.2 Å². The quantitative estimate of drug-likeness (QED) is 0.236. The Morgan fingerprint density at radius 3 is 2.32 bits per heavy atom. The number of benzene rings is 2. The largest absolute Gasteiger partial charge is 0.380 e. The van der Waals surface area contributed by atoms with Gasteiger partial charge in [0.05, 0.1) is 44.3 Å². The molecular weight excluding hydrogens is 609 g/mol. The smallest absolute Gasteiger partial charge is 0.261 e. The Bertz CT molecular complexity index is 1710. The number of sulfonamides is 2. The van der Waals surface area contributed by atoms with E-state index in [1.165, 1.54) is 40.8 Å². The van der Waals surface area contributed by atoms with E-state index in [1.807, 2.05) is 18.2 Å². The number of nitrogens with one attached hydrogen (secondary N) is 2. The van der Waals surface area contributed by atoms with Crippen LogP contribution in [0.2, 0.25) is 10.0 Å². The van der Waals surface area contributed by atoms with E-state index in [4.69, 9.17) is 27.9 Å². The Hall–Kier alpha value is -2.71. The van der Waals surface area contributed by atoms with E-state index in [2.05, 4.69) is 19.6 Å². The van der Waals surface area contributed by atoms with Crippen molar-refractivity contribution in [3.05, 3.63) is 82.7 Å². The monoisotopic (exact) mass is 637 g/mol. The first kappa shape index (κ1) is 29.8. The Kier molecular flexibility index (Phi) is 9.19. The fourth-order valence-corrected chi connectivity index (χ4v) is 7.66. The molecule has 0 radical (unpaired) electrons. The van der Waals surface area contributed by atoms with Gasteiger partial charge in [0.25, 0.3) is 10.0 Å². The molecule has 0 spiro atoms. The number of fused-ring (bicyclic) bond motifs is 1. The molecule has 0 aliphatic carbocycles. The minimum atomic E-state index is -4.02. The molecule has 10 nitrogen and oxygen atoms in total. The van der Waals surface area contributed by atoms with Crippen molar-refractivity contribution in [1.29, 1.82) is 0 Å². The van der Waals surface area contributed by atoms with E-state index in [0.29, 0.717) is 66.9 Å². The number of halogens is 2. The van der Waals surface area contributed by atoms with Gasteiger partial charge in [0.15, 0.2) is 0 Å². The molecule has 1 saturated heterocycles. The highest BCUT2D eigenvalue weighted by Gasteiger charge is 2.29. The van der Waals surface area contributed by atoms with Crippen LogP contribution < -0.4 is 4.72 Å². The first-order valence-electron chi connectivity index (χ1n) is 12.9. The molecule has 2 N–H and O–H groups in total. The Morgan fingerprint density at radius 2 is 1.61 bits per heavy atom. The average Bonchev–Trinajstić information content (AvgIpc) is 3.38. The van der Waals surface area contributed by atoms with E-state index >= 15 is 0 Å². The van der Waals surface area contributed by atoms with Gasteiger partial charge in [-0.05, 0) is 48.5 Å². The van der Waals surface area contributed by atoms with Gasteiger partial charge in [0.1, 0.15) is 0 Å². The number of aromatic nitrogens is 2. The number of ether oxygens (including phenoxy) is 1. The lowest BCUT2D eigenvalue weighted by Crippen LogP contribution is -2.49. The summed E-state index contributed by atoms with van der Waals surface area (Å²) in [6.07, 6.45) is 4.03. The van der Waals surface area contributed by atoms with Crippen molar-refractivity contribution in [2.24, 2.45) is 0 Å². The number of H-pyrrole nitrogens is 1. The SMILES string of the molecule is O=S(=O)(Nc1ccc(Cl)c2c(Cl)c[nH]c12)c1ccc(S(=O)(=O)N2CCN(CCOCCc3ccccn3)CC2)cc1. The fraction of sp³-hybridized carbons (Fsp3) is 0.296. The maximum atomic E-state index is 13.2. The second kappa shape index (κ2) is 12.7. The Labute approximate surface area is 249 Å². The number of aromatic amines is 1. The number of hydrogen-bond donors (Lipinski definition) is 2. The zero-order valence-corrected chi connectivity index (χ0v) is 25.1. The zero-order valence-electron chi connectivity index (χ0n) is 22.0. The Balaban J connectivity index is 1.15. The Morgan fingerprint density at radius 1 is 0.878 bits per heavy atom. The molecule has 1 aliphatic rings. The fourth-order valence-electron chi connectivity index (χ4n) is 4.61. The number of pyridine rings is 1. The van der Waals surface area contributed by atoms with Crippen molar-refractivity contribution < 1.29 is 21.6 Å². The molecule has 1 aliphatic heterocycles. The van der Waals surface area contributed by atoms with E-state index in [0.717, 1.165) is 12.1 Å². The second-order valence-electron chi connectivity index (χ2n) is 9.49. The minimum absolute atomic E-state index is 0.0350. The molecular formula is C27H29Cl2N5O5S2. The number of piperazine rings is 1. The van der Waals surface area contributed by atoms with Gasteiger partial charge in [-0.25, -0.2) is 16.8 Å². The van der Waals surface area contributed by atoms with E-state index in [1.54, 1.807) is 12.3 Å². The van der Waals surface area contributed by atoms with Gasteiger partial charge >= 0.3 is 0 Å². The summed E-state index contributed by atoms with van der Waals surface area (Å²) in [5.41, 5.74) is 1.70. The molecule has 5 rings (SSSR count). The van der Waals surface area contributed by atoms with Crippen molar-refractivity contribution in [3.8, 4) is 0 Å². The third kappa shape index (κ3) is 6.86. The summed E-state index contributed by atoms with van der Waals surface area (Å²) in [6.45, 7) is 3.69. The van der Waals surface area contributed by atoms with Crippen molar-refractivity contribution in [2.75, 3.05) is 50.7 Å². The third-order valence-corrected chi connectivity index (χ3v) is 10.8. The maximum absolute atomic E-state index is 13.2. The minimum Gasteiger partial charge on any atom is -0.380 e. The van der Waals surface area contributed by atoms with Crippen LogP contribution in [0.25, 0.3) is 10.9 Å². The van der Waals surface area contributed by atoms with Crippen LogP contribution in [0.3, 0.4) is 0 Å². The highest BCUT2D eigenvalue weighted by Crippen LogP contribution is 2.35. The van der Waals surface area contributed by atoms with Crippen LogP contribution >= 0.6 is 23.2 Å². The van der Waals surface area contributed by atoms with Gasteiger partial charge in [-0.2, -0.15) is 4.31 Å². The predicted molar refractivity (Wildman–Crippen MR) is 160 cm³/mol. The van der Waals surface area contributed by atoms with Gasteiger partial charge < -0.3 is 9.72 Å². The molecule has 0 amide bonds. The van der Waals surface area contributed by atoms with Gasteiger partial charge in [0.2, 0.25) is 10.0 Å². The van der Waals surface area contributed by atoms with Crippen molar-refractivity contribution in [1.82, 2.24) is 19.2 Å². The summed E-state index contributed by atoms with van der Waals surface area (Å²) in [5.74, 6) is 0. The average molecular weight is 639 g/mol. The van der Waals surface area contributed by atoms with Crippen LogP contribution in [0.4, 0.5) is 5.69 Å². The molecule has 3 heterocycles. The highest BCUT2D eigenvalue weighted by molar-refractivity contribution is 7.92. The summed E-state index contributed by atoms with van der Waals surface area (Å²) < 4.78 is 62.3. The summed E-state index contributed by atoms with van der Waals surface area (Å²) in [7, 11) is -7.80. The molecule has 0 atom stereocenters. The van der Waals surface area contributed by atoms with Gasteiger partial charge in [-0.3, -0.25) is 14.6 Å². The van der Waals surface area contributed by atoms with Crippen molar-refractivity contribution in [2.45, 2.75) is 16.2 Å². The molecule has 0 unspecified atom stereocenters. The molecule has 2 aromatic carbocycles. The standard InChI is InChI=1S/C27H29Cl2N5O5S2/c28-23-8-9-25(27-26(23)24(29)19-31-27)32-40(35,36)21-4-6-22(7-5-21)41(37,38)34-14-12-33(13-15-34)16-18-39-17-10-20-3-1-2-11-30-20/h1-9,11,19,31-32H,10,12-18H2. The van der Waals surface area contributed by atoms with Gasteiger partial charge in [-0.15, -0.1) is 0 Å². The number of hydrogen-bond acceptors (Lipinski definition) is 7. The lowest BCUT2D eigenvalue weighted by Gasteiger charge is -2.33. The molecule has 0 bridgehead atoms. The number of anilines is 1. The van der Waals surface area contributed by atoms with Crippen LogP contribution in [0.5, 0.6) is 0 Å². The number of nitrogens with zero attached hydrogens (tertiary/aromatic N) is 3. The van der Waals surface area contributed by atoms with Crippen LogP contribution in [-0.4, -0.2) is 81.9 Å².